The second kappa shape index (κ2) is 5.89. The Morgan fingerprint density at radius 2 is 1.96 bits per heavy atom. The lowest BCUT2D eigenvalue weighted by molar-refractivity contribution is -0.129. The first-order valence-corrected chi connectivity index (χ1v) is 7.78. The number of carbonyl (C=O) groups excluding carboxylic acids is 2. The molecule has 1 aromatic rings. The average molecular weight is 337 g/mol. The van der Waals surface area contributed by atoms with Crippen molar-refractivity contribution in [3.63, 3.8) is 0 Å². The van der Waals surface area contributed by atoms with E-state index < -0.39 is 17.4 Å². The number of benzene rings is 1. The molecule has 23 heavy (non-hydrogen) atoms. The van der Waals surface area contributed by atoms with E-state index in [-0.39, 0.29) is 17.3 Å². The van der Waals surface area contributed by atoms with Gasteiger partial charge in [0, 0.05) is 7.05 Å². The van der Waals surface area contributed by atoms with Crippen LogP contribution in [0.1, 0.15) is 39.2 Å². The van der Waals surface area contributed by atoms with Gasteiger partial charge in [-0.15, -0.1) is 0 Å². The Kier molecular flexibility index (Phi) is 4.44. The van der Waals surface area contributed by atoms with Crippen LogP contribution in [0.25, 0.3) is 0 Å². The van der Waals surface area contributed by atoms with E-state index in [0.717, 1.165) is 5.56 Å². The van der Waals surface area contributed by atoms with E-state index in [9.17, 15) is 14.7 Å². The van der Waals surface area contributed by atoms with Gasteiger partial charge in [-0.25, -0.2) is 0 Å². The molecular weight excluding hydrogens is 316 g/mol. The van der Waals surface area contributed by atoms with Crippen molar-refractivity contribution < 1.29 is 14.7 Å². The first-order valence-electron chi connectivity index (χ1n) is 7.40. The SMILES string of the molecule is CC(C)c1cccc(NC(=O)C2=C(O)C(C)(C)N(C)C2=O)c1Cl. The Morgan fingerprint density at radius 3 is 2.43 bits per heavy atom. The number of amides is 2. The molecule has 0 radical (unpaired) electrons. The summed E-state index contributed by atoms with van der Waals surface area (Å²) in [6.45, 7) is 7.35. The van der Waals surface area contributed by atoms with Crippen LogP contribution in [-0.2, 0) is 9.59 Å². The van der Waals surface area contributed by atoms with Gasteiger partial charge < -0.3 is 15.3 Å². The third kappa shape index (κ3) is 2.81. The molecule has 0 aliphatic carbocycles. The zero-order valence-electron chi connectivity index (χ0n) is 13.9. The van der Waals surface area contributed by atoms with E-state index in [4.69, 9.17) is 11.6 Å². The fourth-order valence-corrected chi connectivity index (χ4v) is 2.86. The van der Waals surface area contributed by atoms with Crippen molar-refractivity contribution in [3.8, 4) is 0 Å². The van der Waals surface area contributed by atoms with Gasteiger partial charge >= 0.3 is 0 Å². The van der Waals surface area contributed by atoms with Crippen LogP contribution >= 0.6 is 11.6 Å². The van der Waals surface area contributed by atoms with Crippen molar-refractivity contribution in [2.45, 2.75) is 39.2 Å². The largest absolute Gasteiger partial charge is 0.509 e. The molecule has 1 heterocycles. The van der Waals surface area contributed by atoms with Crippen LogP contribution in [0.5, 0.6) is 0 Å². The molecule has 6 heteroatoms. The van der Waals surface area contributed by atoms with Gasteiger partial charge in [0.2, 0.25) is 0 Å². The number of carbonyl (C=O) groups is 2. The van der Waals surface area contributed by atoms with Gasteiger partial charge in [0.1, 0.15) is 11.3 Å². The number of nitrogens with zero attached hydrogens (tertiary/aromatic N) is 1. The van der Waals surface area contributed by atoms with Crippen LogP contribution in [0.15, 0.2) is 29.5 Å². The molecule has 1 aliphatic rings. The highest BCUT2D eigenvalue weighted by molar-refractivity contribution is 6.35. The van der Waals surface area contributed by atoms with Crippen LogP contribution in [0.3, 0.4) is 0 Å². The topological polar surface area (TPSA) is 69.6 Å². The maximum atomic E-state index is 12.5. The number of hydrogen-bond acceptors (Lipinski definition) is 3. The molecular formula is C17H21ClN2O3. The van der Waals surface area contributed by atoms with Crippen molar-refractivity contribution in [1.29, 1.82) is 0 Å². The summed E-state index contributed by atoms with van der Waals surface area (Å²) >= 11 is 6.32. The van der Waals surface area contributed by atoms with Crippen LogP contribution in [0.2, 0.25) is 5.02 Å². The number of likely N-dealkylation sites (N-methyl/N-ethyl adjacent to an activating group) is 1. The second-order valence-electron chi connectivity index (χ2n) is 6.46. The average Bonchev–Trinajstić information content (AvgIpc) is 2.61. The number of anilines is 1. The van der Waals surface area contributed by atoms with Gasteiger partial charge in [0.25, 0.3) is 11.8 Å². The molecule has 1 aromatic carbocycles. The highest BCUT2D eigenvalue weighted by atomic mass is 35.5. The Morgan fingerprint density at radius 1 is 1.35 bits per heavy atom. The maximum absolute atomic E-state index is 12.5. The minimum atomic E-state index is -0.909. The van der Waals surface area contributed by atoms with Crippen LogP contribution < -0.4 is 5.32 Å². The summed E-state index contributed by atoms with van der Waals surface area (Å²) in [6.07, 6.45) is 0. The Labute approximate surface area is 140 Å². The fourth-order valence-electron chi connectivity index (χ4n) is 2.47. The first kappa shape index (κ1) is 17.3. The number of hydrogen-bond donors (Lipinski definition) is 2. The summed E-state index contributed by atoms with van der Waals surface area (Å²) in [5.74, 6) is -1.21. The summed E-state index contributed by atoms with van der Waals surface area (Å²) in [4.78, 5) is 26.0. The Hall–Kier alpha value is -2.01. The minimum absolute atomic E-state index is 0.199. The molecule has 124 valence electrons. The zero-order valence-corrected chi connectivity index (χ0v) is 14.7. The molecule has 0 bridgehead atoms. The highest BCUT2D eigenvalue weighted by Crippen LogP contribution is 2.34. The third-order valence-electron chi connectivity index (χ3n) is 4.30. The van der Waals surface area contributed by atoms with E-state index >= 15 is 0 Å². The van der Waals surface area contributed by atoms with Gasteiger partial charge in [0.05, 0.1) is 16.2 Å². The molecule has 5 nitrogen and oxygen atoms in total. The van der Waals surface area contributed by atoms with E-state index in [1.807, 2.05) is 19.9 Å². The lowest BCUT2D eigenvalue weighted by atomic mass is 10.0. The van der Waals surface area contributed by atoms with E-state index in [0.29, 0.717) is 10.7 Å². The van der Waals surface area contributed by atoms with Gasteiger partial charge in [-0.2, -0.15) is 0 Å². The number of nitrogens with one attached hydrogen (secondary N) is 1. The molecule has 0 fully saturated rings. The summed E-state index contributed by atoms with van der Waals surface area (Å²) in [6, 6.07) is 5.34. The number of rotatable bonds is 3. The monoisotopic (exact) mass is 336 g/mol. The standard InChI is InChI=1S/C17H21ClN2O3/c1-9(2)10-7-6-8-11(13(10)18)19-15(22)12-14(21)17(3,4)20(5)16(12)23/h6-9,21H,1-5H3,(H,19,22). The van der Waals surface area contributed by atoms with Crippen LogP contribution in [-0.4, -0.2) is 34.4 Å². The predicted molar refractivity (Wildman–Crippen MR) is 90.7 cm³/mol. The number of aliphatic hydroxyl groups is 1. The van der Waals surface area contributed by atoms with Crippen LogP contribution in [0.4, 0.5) is 5.69 Å². The second-order valence-corrected chi connectivity index (χ2v) is 6.84. The van der Waals surface area contributed by atoms with Crippen molar-refractivity contribution in [2.75, 3.05) is 12.4 Å². The van der Waals surface area contributed by atoms with E-state index in [1.54, 1.807) is 33.0 Å². The number of halogens is 1. The lowest BCUT2D eigenvalue weighted by Gasteiger charge is -2.27. The molecule has 1 aliphatic heterocycles. The Bertz CT molecular complexity index is 708. The van der Waals surface area contributed by atoms with E-state index in [1.165, 1.54) is 4.90 Å². The Balaban J connectivity index is 2.36. The molecule has 0 saturated carbocycles. The highest BCUT2D eigenvalue weighted by Gasteiger charge is 2.46. The van der Waals surface area contributed by atoms with Crippen LogP contribution in [0, 0.1) is 0 Å². The van der Waals surface area contributed by atoms with Gasteiger partial charge in [-0.05, 0) is 31.4 Å². The van der Waals surface area contributed by atoms with E-state index in [2.05, 4.69) is 5.32 Å². The van der Waals surface area contributed by atoms with Crippen molar-refractivity contribution in [1.82, 2.24) is 4.90 Å². The lowest BCUT2D eigenvalue weighted by Crippen LogP contribution is -2.40. The van der Waals surface area contributed by atoms with Gasteiger partial charge in [0.15, 0.2) is 0 Å². The fraction of sp³-hybridized carbons (Fsp3) is 0.412. The summed E-state index contributed by atoms with van der Waals surface area (Å²) in [5, 5.41) is 13.3. The molecule has 0 atom stereocenters. The van der Waals surface area contributed by atoms with Gasteiger partial charge in [-0.3, -0.25) is 9.59 Å². The molecule has 0 aromatic heterocycles. The summed E-state index contributed by atoms with van der Waals surface area (Å²) in [5.41, 5.74) is 0.164. The molecule has 2 N–H and O–H groups in total. The van der Waals surface area contributed by atoms with Gasteiger partial charge in [-0.1, -0.05) is 37.6 Å². The quantitative estimate of drug-likeness (QED) is 0.830. The summed E-state index contributed by atoms with van der Waals surface area (Å²) < 4.78 is 0. The first-order chi connectivity index (χ1) is 10.6. The molecule has 2 rings (SSSR count). The normalized spacial score (nSPS) is 17.2. The smallest absolute Gasteiger partial charge is 0.264 e. The minimum Gasteiger partial charge on any atom is -0.509 e. The predicted octanol–water partition coefficient (Wildman–Crippen LogP) is 3.46. The summed E-state index contributed by atoms with van der Waals surface area (Å²) in [7, 11) is 1.55. The molecule has 0 saturated heterocycles. The van der Waals surface area contributed by atoms with Crippen molar-refractivity contribution in [3.05, 3.63) is 40.1 Å². The van der Waals surface area contributed by atoms with Crippen molar-refractivity contribution >= 4 is 29.1 Å². The maximum Gasteiger partial charge on any atom is 0.264 e. The zero-order chi connectivity index (χ0) is 17.5. The third-order valence-corrected chi connectivity index (χ3v) is 4.72. The van der Waals surface area contributed by atoms with Crippen molar-refractivity contribution in [2.24, 2.45) is 0 Å². The molecule has 0 spiro atoms. The molecule has 2 amide bonds. The molecule has 0 unspecified atom stereocenters. The number of aliphatic hydroxyl groups excluding tert-OH is 1.